The van der Waals surface area contributed by atoms with Crippen LogP contribution in [0.5, 0.6) is 0 Å². The van der Waals surface area contributed by atoms with E-state index >= 15 is 0 Å². The number of nitrogens with zero attached hydrogens (tertiary/aromatic N) is 3. The van der Waals surface area contributed by atoms with Crippen molar-refractivity contribution in [1.82, 2.24) is 15.3 Å². The molecule has 0 atom stereocenters. The maximum atomic E-state index is 12.6. The van der Waals surface area contributed by atoms with Crippen molar-refractivity contribution >= 4 is 46.9 Å². The average Bonchev–Trinajstić information content (AvgIpc) is 2.73. The molecule has 0 saturated heterocycles. The van der Waals surface area contributed by atoms with Crippen molar-refractivity contribution in [3.05, 3.63) is 76.6 Å². The van der Waals surface area contributed by atoms with Crippen molar-refractivity contribution in [3.8, 4) is 0 Å². The van der Waals surface area contributed by atoms with Crippen molar-refractivity contribution < 1.29 is 14.3 Å². The number of aryl methyl sites for hydroxylation is 2. The van der Waals surface area contributed by atoms with Crippen LogP contribution >= 0.6 is 11.6 Å². The molecule has 0 radical (unpaired) electrons. The summed E-state index contributed by atoms with van der Waals surface area (Å²) in [5.74, 6) is 0.0110. The Kier molecular flexibility index (Phi) is 8.74. The first-order chi connectivity index (χ1) is 16.7. The first-order valence-corrected chi connectivity index (χ1v) is 11.3. The van der Waals surface area contributed by atoms with E-state index in [1.54, 1.807) is 62.4 Å². The molecule has 0 aliphatic heterocycles. The maximum absolute atomic E-state index is 12.6. The van der Waals surface area contributed by atoms with Gasteiger partial charge in [-0.2, -0.15) is 4.99 Å². The van der Waals surface area contributed by atoms with Gasteiger partial charge in [0, 0.05) is 27.8 Å². The molecule has 3 N–H and O–H groups in total. The third-order valence-electron chi connectivity index (χ3n) is 4.43. The summed E-state index contributed by atoms with van der Waals surface area (Å²) >= 11 is 5.99. The van der Waals surface area contributed by atoms with Crippen LogP contribution in [-0.4, -0.2) is 34.0 Å². The zero-order valence-electron chi connectivity index (χ0n) is 19.9. The summed E-state index contributed by atoms with van der Waals surface area (Å²) in [6.07, 6.45) is -0.00495. The standard InChI is InChI=1S/C25H27ClN6O3/c1-15(2)35-22(33)13-18-8-10-20(11-9-18)29-24(31-23-27-16(3)12-17(4)28-23)32-25(34)30-21-7-5-6-19(26)14-21/h5-12,14-15H,13H2,1-4H3,(H3,27,28,29,30,31,32,34). The number of hydrogen-bond acceptors (Lipinski definition) is 6. The van der Waals surface area contributed by atoms with Crippen molar-refractivity contribution in [2.45, 2.75) is 40.2 Å². The molecule has 2 aromatic carbocycles. The number of aromatic nitrogens is 2. The molecule has 0 bridgehead atoms. The average molecular weight is 495 g/mol. The number of aliphatic imine (C=N–C) groups is 1. The number of halogens is 1. The van der Waals surface area contributed by atoms with E-state index in [-0.39, 0.29) is 30.4 Å². The topological polar surface area (TPSA) is 118 Å². The van der Waals surface area contributed by atoms with Crippen LogP contribution in [0.15, 0.2) is 59.6 Å². The molecule has 0 aliphatic carbocycles. The lowest BCUT2D eigenvalue weighted by molar-refractivity contribution is -0.146. The number of anilines is 2. The van der Waals surface area contributed by atoms with Gasteiger partial charge in [0.1, 0.15) is 0 Å². The van der Waals surface area contributed by atoms with E-state index in [0.717, 1.165) is 17.0 Å². The number of benzene rings is 2. The summed E-state index contributed by atoms with van der Waals surface area (Å²) in [7, 11) is 0. The molecule has 0 unspecified atom stereocenters. The van der Waals surface area contributed by atoms with Gasteiger partial charge in [0.05, 0.1) is 12.5 Å². The van der Waals surface area contributed by atoms with Crippen molar-refractivity contribution in [1.29, 1.82) is 0 Å². The van der Waals surface area contributed by atoms with E-state index in [0.29, 0.717) is 16.4 Å². The Morgan fingerprint density at radius 2 is 1.66 bits per heavy atom. The summed E-state index contributed by atoms with van der Waals surface area (Å²) in [6.45, 7) is 7.29. The van der Waals surface area contributed by atoms with Crippen LogP contribution < -0.4 is 16.0 Å². The fourth-order valence-electron chi connectivity index (χ4n) is 3.09. The van der Waals surface area contributed by atoms with Gasteiger partial charge in [0.2, 0.25) is 5.96 Å². The zero-order chi connectivity index (χ0) is 25.4. The van der Waals surface area contributed by atoms with E-state index in [4.69, 9.17) is 16.3 Å². The molecule has 2 amide bonds. The number of carbonyl (C=O) groups is 2. The molecule has 3 aromatic rings. The molecule has 182 valence electrons. The lowest BCUT2D eigenvalue weighted by Gasteiger charge is -2.13. The Balaban J connectivity index is 1.78. The Labute approximate surface area is 209 Å². The molecule has 0 saturated carbocycles. The van der Waals surface area contributed by atoms with Crippen LogP contribution in [0.25, 0.3) is 0 Å². The molecule has 35 heavy (non-hydrogen) atoms. The minimum Gasteiger partial charge on any atom is -0.463 e. The Morgan fingerprint density at radius 3 is 2.29 bits per heavy atom. The van der Waals surface area contributed by atoms with Gasteiger partial charge in [0.25, 0.3) is 5.95 Å². The summed E-state index contributed by atoms with van der Waals surface area (Å²) in [5, 5.41) is 8.95. The van der Waals surface area contributed by atoms with Gasteiger partial charge >= 0.3 is 12.0 Å². The van der Waals surface area contributed by atoms with Crippen LogP contribution in [0.3, 0.4) is 0 Å². The van der Waals surface area contributed by atoms with Gasteiger partial charge in [-0.3, -0.25) is 10.1 Å². The number of rotatable bonds is 6. The largest absolute Gasteiger partial charge is 0.463 e. The predicted molar refractivity (Wildman–Crippen MR) is 137 cm³/mol. The second kappa shape index (κ2) is 11.9. The number of esters is 1. The van der Waals surface area contributed by atoms with Crippen LogP contribution in [0, 0.1) is 13.8 Å². The minimum absolute atomic E-state index is 0.112. The third-order valence-corrected chi connectivity index (χ3v) is 4.66. The van der Waals surface area contributed by atoms with Crippen LogP contribution in [0.2, 0.25) is 5.02 Å². The first kappa shape index (κ1) is 25.6. The fraction of sp³-hybridized carbons (Fsp3) is 0.240. The Bertz CT molecular complexity index is 1210. The Morgan fingerprint density at radius 1 is 0.971 bits per heavy atom. The molecule has 0 aliphatic rings. The smallest absolute Gasteiger partial charge is 0.326 e. The molecular formula is C25H27ClN6O3. The third kappa shape index (κ3) is 8.71. The highest BCUT2D eigenvalue weighted by Gasteiger charge is 2.11. The van der Waals surface area contributed by atoms with Crippen molar-refractivity contribution in [2.75, 3.05) is 10.6 Å². The lowest BCUT2D eigenvalue weighted by atomic mass is 10.1. The monoisotopic (exact) mass is 494 g/mol. The van der Waals surface area contributed by atoms with Crippen LogP contribution in [-0.2, 0) is 16.0 Å². The van der Waals surface area contributed by atoms with Crippen molar-refractivity contribution in [3.63, 3.8) is 0 Å². The van der Waals surface area contributed by atoms with Crippen molar-refractivity contribution in [2.24, 2.45) is 4.99 Å². The van der Waals surface area contributed by atoms with E-state index < -0.39 is 6.03 Å². The Hall–Kier alpha value is -3.98. The molecule has 1 aromatic heterocycles. The quantitative estimate of drug-likeness (QED) is 0.247. The molecule has 1 heterocycles. The summed E-state index contributed by atoms with van der Waals surface area (Å²) in [6, 6.07) is 15.2. The normalized spacial score (nSPS) is 11.2. The molecule has 9 nitrogen and oxygen atoms in total. The summed E-state index contributed by atoms with van der Waals surface area (Å²) in [4.78, 5) is 37.5. The van der Waals surface area contributed by atoms with Gasteiger partial charge in [-0.25, -0.2) is 14.8 Å². The molecule has 0 fully saturated rings. The molecule has 10 heteroatoms. The molecular weight excluding hydrogens is 468 g/mol. The summed E-state index contributed by atoms with van der Waals surface area (Å²) in [5.41, 5.74) is 3.45. The van der Waals surface area contributed by atoms with E-state index in [1.807, 2.05) is 19.9 Å². The van der Waals surface area contributed by atoms with Gasteiger partial charge < -0.3 is 15.4 Å². The first-order valence-electron chi connectivity index (χ1n) is 11.0. The fourth-order valence-corrected chi connectivity index (χ4v) is 3.28. The lowest BCUT2D eigenvalue weighted by Crippen LogP contribution is -2.38. The zero-order valence-corrected chi connectivity index (χ0v) is 20.7. The number of carbonyl (C=O) groups excluding carboxylic acids is 2. The van der Waals surface area contributed by atoms with E-state index in [9.17, 15) is 9.59 Å². The molecule has 3 rings (SSSR count). The van der Waals surface area contributed by atoms with Gasteiger partial charge in [-0.15, -0.1) is 0 Å². The maximum Gasteiger partial charge on any atom is 0.326 e. The van der Waals surface area contributed by atoms with Gasteiger partial charge in [0.15, 0.2) is 0 Å². The summed E-state index contributed by atoms with van der Waals surface area (Å²) < 4.78 is 5.18. The van der Waals surface area contributed by atoms with Crippen LogP contribution in [0.1, 0.15) is 30.8 Å². The second-order valence-corrected chi connectivity index (χ2v) is 8.47. The molecule has 0 spiro atoms. The highest BCUT2D eigenvalue weighted by atomic mass is 35.5. The number of hydrogen-bond donors (Lipinski definition) is 3. The highest BCUT2D eigenvalue weighted by Crippen LogP contribution is 2.15. The van der Waals surface area contributed by atoms with Gasteiger partial charge in [-0.05, 0) is 69.7 Å². The van der Waals surface area contributed by atoms with E-state index in [1.165, 1.54) is 0 Å². The predicted octanol–water partition coefficient (Wildman–Crippen LogP) is 5.16. The number of nitrogens with one attached hydrogen (secondary N) is 3. The number of amides is 2. The van der Waals surface area contributed by atoms with Gasteiger partial charge in [-0.1, -0.05) is 29.8 Å². The second-order valence-electron chi connectivity index (χ2n) is 8.04. The number of urea groups is 1. The van der Waals surface area contributed by atoms with E-state index in [2.05, 4.69) is 30.9 Å². The number of ether oxygens (including phenoxy) is 1. The highest BCUT2D eigenvalue weighted by molar-refractivity contribution is 6.30. The SMILES string of the molecule is Cc1cc(C)nc(/N=C(\NC(=O)Nc2cccc(Cl)c2)Nc2ccc(CC(=O)OC(C)C)cc2)n1. The van der Waals surface area contributed by atoms with Crippen LogP contribution in [0.4, 0.5) is 22.1 Å². The number of guanidine groups is 1. The minimum atomic E-state index is -0.532.